The Morgan fingerprint density at radius 3 is 2.63 bits per heavy atom. The molecule has 0 bridgehead atoms. The van der Waals surface area contributed by atoms with Crippen LogP contribution in [0, 0.1) is 5.82 Å². The van der Waals surface area contributed by atoms with Crippen molar-refractivity contribution in [1.82, 2.24) is 15.0 Å². The number of aromatic nitrogens is 3. The molecule has 0 amide bonds. The van der Waals surface area contributed by atoms with Gasteiger partial charge in [-0.05, 0) is 17.7 Å². The van der Waals surface area contributed by atoms with Gasteiger partial charge in [0.25, 0.3) is 0 Å². The molecule has 1 aromatic carbocycles. The lowest BCUT2D eigenvalue weighted by Gasteiger charge is -2.21. The molecule has 0 aliphatic heterocycles. The van der Waals surface area contributed by atoms with Crippen molar-refractivity contribution >= 4 is 0 Å². The molecule has 0 unspecified atom stereocenters. The fraction of sp³-hybridized carbons (Fsp3) is 0.429. The predicted molar refractivity (Wildman–Crippen MR) is 72.1 cm³/mol. The maximum atomic E-state index is 13.2. The Kier molecular flexibility index (Phi) is 3.66. The number of halogens is 1. The maximum absolute atomic E-state index is 13.2. The zero-order valence-electron chi connectivity index (χ0n) is 11.5. The summed E-state index contributed by atoms with van der Waals surface area (Å²) in [6, 6.07) is 6.51. The highest BCUT2D eigenvalue weighted by molar-refractivity contribution is 5.22. The van der Waals surface area contributed by atoms with Gasteiger partial charge in [0.15, 0.2) is 0 Å². The van der Waals surface area contributed by atoms with Crippen LogP contribution in [0.4, 0.5) is 4.39 Å². The van der Waals surface area contributed by atoms with Gasteiger partial charge in [0, 0.05) is 12.0 Å². The van der Waals surface area contributed by atoms with Crippen LogP contribution < -0.4 is 5.73 Å². The first-order valence-electron chi connectivity index (χ1n) is 6.29. The van der Waals surface area contributed by atoms with Crippen LogP contribution >= 0.6 is 0 Å². The largest absolute Gasteiger partial charge is 0.325 e. The Labute approximate surface area is 112 Å². The van der Waals surface area contributed by atoms with Crippen molar-refractivity contribution in [3.63, 3.8) is 0 Å². The lowest BCUT2D eigenvalue weighted by Crippen LogP contribution is -2.21. The fourth-order valence-electron chi connectivity index (χ4n) is 2.23. The van der Waals surface area contributed by atoms with Crippen LogP contribution in [0.5, 0.6) is 0 Å². The van der Waals surface area contributed by atoms with E-state index in [1.165, 1.54) is 12.1 Å². The Hall–Kier alpha value is -1.75. The first-order chi connectivity index (χ1) is 8.91. The number of hydrogen-bond donors (Lipinski definition) is 1. The van der Waals surface area contributed by atoms with Crippen LogP contribution in [0.15, 0.2) is 24.3 Å². The van der Waals surface area contributed by atoms with E-state index >= 15 is 0 Å². The van der Waals surface area contributed by atoms with Crippen molar-refractivity contribution in [2.24, 2.45) is 5.73 Å². The van der Waals surface area contributed by atoms with Crippen molar-refractivity contribution in [3.8, 4) is 0 Å². The Bertz CT molecular complexity index is 569. The number of nitrogens with zero attached hydrogens (tertiary/aromatic N) is 3. The van der Waals surface area contributed by atoms with E-state index in [-0.39, 0.29) is 11.2 Å². The highest BCUT2D eigenvalue weighted by atomic mass is 19.1. The monoisotopic (exact) mass is 262 g/mol. The second-order valence-electron chi connectivity index (χ2n) is 5.63. The van der Waals surface area contributed by atoms with E-state index in [0.29, 0.717) is 13.1 Å². The molecule has 0 aliphatic rings. The summed E-state index contributed by atoms with van der Waals surface area (Å²) in [5.74, 6) is -0.242. The molecule has 0 saturated heterocycles. The molecule has 0 atom stereocenters. The second kappa shape index (κ2) is 5.09. The van der Waals surface area contributed by atoms with Crippen molar-refractivity contribution in [1.29, 1.82) is 0 Å². The summed E-state index contributed by atoms with van der Waals surface area (Å²) in [6.45, 7) is 7.12. The Morgan fingerprint density at radius 2 is 2.05 bits per heavy atom. The summed E-state index contributed by atoms with van der Waals surface area (Å²) in [4.78, 5) is 0. The van der Waals surface area contributed by atoms with Crippen molar-refractivity contribution < 1.29 is 4.39 Å². The molecule has 102 valence electrons. The quantitative estimate of drug-likeness (QED) is 0.922. The van der Waals surface area contributed by atoms with Crippen molar-refractivity contribution in [2.75, 3.05) is 0 Å². The molecule has 0 fully saturated rings. The lowest BCUT2D eigenvalue weighted by atomic mass is 9.90. The summed E-state index contributed by atoms with van der Waals surface area (Å²) in [5.41, 5.74) is 8.25. The van der Waals surface area contributed by atoms with Crippen LogP contribution in [-0.4, -0.2) is 15.0 Å². The van der Waals surface area contributed by atoms with Crippen LogP contribution in [0.3, 0.4) is 0 Å². The van der Waals surface area contributed by atoms with E-state index in [1.54, 1.807) is 10.7 Å². The van der Waals surface area contributed by atoms with Crippen molar-refractivity contribution in [2.45, 2.75) is 39.3 Å². The standard InChI is InChI=1S/C14H19FN4/c1-14(2,3)13-12(8-16)17-18-19(13)9-10-5-4-6-11(15)7-10/h4-7H,8-9,16H2,1-3H3. The normalized spacial score (nSPS) is 11.8. The van der Waals surface area contributed by atoms with Gasteiger partial charge >= 0.3 is 0 Å². The zero-order chi connectivity index (χ0) is 14.0. The summed E-state index contributed by atoms with van der Waals surface area (Å²) in [5, 5.41) is 8.26. The molecular weight excluding hydrogens is 243 g/mol. The molecule has 1 aromatic heterocycles. The van der Waals surface area contributed by atoms with Gasteiger partial charge in [-0.3, -0.25) is 0 Å². The van der Waals surface area contributed by atoms with E-state index in [4.69, 9.17) is 5.73 Å². The van der Waals surface area contributed by atoms with E-state index < -0.39 is 0 Å². The topological polar surface area (TPSA) is 56.7 Å². The molecule has 4 nitrogen and oxygen atoms in total. The average molecular weight is 262 g/mol. The van der Waals surface area contributed by atoms with Gasteiger partial charge in [-0.2, -0.15) is 0 Å². The summed E-state index contributed by atoms with van der Waals surface area (Å²) in [7, 11) is 0. The summed E-state index contributed by atoms with van der Waals surface area (Å²) < 4.78 is 15.0. The van der Waals surface area contributed by atoms with Crippen LogP contribution in [0.1, 0.15) is 37.7 Å². The van der Waals surface area contributed by atoms with Gasteiger partial charge in [-0.25, -0.2) is 9.07 Å². The first kappa shape index (κ1) is 13.7. The van der Waals surface area contributed by atoms with E-state index in [9.17, 15) is 4.39 Å². The third-order valence-corrected chi connectivity index (χ3v) is 2.93. The number of hydrogen-bond acceptors (Lipinski definition) is 3. The molecule has 0 spiro atoms. The van der Waals surface area contributed by atoms with Gasteiger partial charge in [0.1, 0.15) is 5.82 Å². The maximum Gasteiger partial charge on any atom is 0.123 e. The number of rotatable bonds is 3. The first-order valence-corrected chi connectivity index (χ1v) is 6.29. The molecular formula is C14H19FN4. The van der Waals surface area contributed by atoms with Crippen LogP contribution in [0.2, 0.25) is 0 Å². The minimum atomic E-state index is -0.242. The highest BCUT2D eigenvalue weighted by Crippen LogP contribution is 2.25. The van der Waals surface area contributed by atoms with Gasteiger partial charge < -0.3 is 5.73 Å². The fourth-order valence-corrected chi connectivity index (χ4v) is 2.23. The molecule has 5 heteroatoms. The molecule has 2 aromatic rings. The third-order valence-electron chi connectivity index (χ3n) is 2.93. The zero-order valence-corrected chi connectivity index (χ0v) is 11.5. The second-order valence-corrected chi connectivity index (χ2v) is 5.63. The van der Waals surface area contributed by atoms with Gasteiger partial charge in [0.2, 0.25) is 0 Å². The molecule has 0 saturated carbocycles. The minimum absolute atomic E-state index is 0.106. The number of benzene rings is 1. The Balaban J connectivity index is 2.38. The molecule has 1 heterocycles. The van der Waals surface area contributed by atoms with E-state index in [1.807, 2.05) is 6.07 Å². The molecule has 2 N–H and O–H groups in total. The molecule has 2 rings (SSSR count). The van der Waals surface area contributed by atoms with E-state index in [2.05, 4.69) is 31.1 Å². The smallest absolute Gasteiger partial charge is 0.123 e. The van der Waals surface area contributed by atoms with Gasteiger partial charge in [-0.15, -0.1) is 5.10 Å². The van der Waals surface area contributed by atoms with Crippen LogP contribution in [-0.2, 0) is 18.5 Å². The summed E-state index contributed by atoms with van der Waals surface area (Å²) >= 11 is 0. The molecule has 0 aliphatic carbocycles. The molecule has 19 heavy (non-hydrogen) atoms. The highest BCUT2D eigenvalue weighted by Gasteiger charge is 2.24. The minimum Gasteiger partial charge on any atom is -0.325 e. The van der Waals surface area contributed by atoms with E-state index in [0.717, 1.165) is 17.0 Å². The Morgan fingerprint density at radius 1 is 1.32 bits per heavy atom. The SMILES string of the molecule is CC(C)(C)c1c(CN)nnn1Cc1cccc(F)c1. The lowest BCUT2D eigenvalue weighted by molar-refractivity contribution is 0.497. The average Bonchev–Trinajstić information content (AvgIpc) is 2.71. The van der Waals surface area contributed by atoms with Gasteiger partial charge in [0.05, 0.1) is 17.9 Å². The van der Waals surface area contributed by atoms with Gasteiger partial charge in [-0.1, -0.05) is 38.1 Å². The predicted octanol–water partition coefficient (Wildman–Crippen LogP) is 2.22. The summed E-state index contributed by atoms with van der Waals surface area (Å²) in [6.07, 6.45) is 0. The van der Waals surface area contributed by atoms with Crippen molar-refractivity contribution in [3.05, 3.63) is 47.0 Å². The third kappa shape index (κ3) is 2.98. The molecule has 0 radical (unpaired) electrons. The van der Waals surface area contributed by atoms with Crippen LogP contribution in [0.25, 0.3) is 0 Å². The number of nitrogens with two attached hydrogens (primary N) is 1.